The lowest BCUT2D eigenvalue weighted by molar-refractivity contribution is -0.155. The number of nitrogens with two attached hydrogens (primary N) is 1. The van der Waals surface area contributed by atoms with Crippen LogP contribution in [0.1, 0.15) is 99.0 Å². The summed E-state index contributed by atoms with van der Waals surface area (Å²) in [4.78, 5) is 50.0. The minimum Gasteiger partial charge on any atom is -0.468 e. The highest BCUT2D eigenvalue weighted by Crippen LogP contribution is 2.32. The Kier molecular flexibility index (Phi) is 15.9. The Morgan fingerprint density at radius 1 is 0.786 bits per heavy atom. The van der Waals surface area contributed by atoms with Crippen LogP contribution in [0.2, 0.25) is 0 Å². The van der Waals surface area contributed by atoms with Crippen molar-refractivity contribution in [3.8, 4) is 11.5 Å². The number of methoxy groups -OCH3 is 1. The number of carbonyl (C=O) groups excluding carboxylic acids is 4. The Morgan fingerprint density at radius 3 is 1.83 bits per heavy atom. The molecule has 42 heavy (non-hydrogen) atoms. The summed E-state index contributed by atoms with van der Waals surface area (Å²) in [6.07, 6.45) is 0.354. The molecule has 4 atom stereocenters. The maximum Gasteiger partial charge on any atom is 0.514 e. The molecule has 1 rings (SSSR count). The number of ether oxygens (including phenoxy) is 6. The number of esters is 2. The molecule has 0 heterocycles. The quantitative estimate of drug-likeness (QED) is 0.123. The van der Waals surface area contributed by atoms with Gasteiger partial charge in [-0.2, -0.15) is 0 Å². The van der Waals surface area contributed by atoms with E-state index in [1.165, 1.54) is 19.2 Å². The fourth-order valence-corrected chi connectivity index (χ4v) is 4.35. The lowest BCUT2D eigenvalue weighted by Crippen LogP contribution is -2.53. The van der Waals surface area contributed by atoms with E-state index in [-0.39, 0.29) is 42.8 Å². The van der Waals surface area contributed by atoms with Crippen molar-refractivity contribution in [3.05, 3.63) is 23.8 Å². The Labute approximate surface area is 249 Å². The Bertz CT molecular complexity index is 1030. The molecule has 0 aliphatic carbocycles. The summed E-state index contributed by atoms with van der Waals surface area (Å²) in [6.45, 7) is 13.1. The van der Waals surface area contributed by atoms with E-state index in [0.29, 0.717) is 30.7 Å². The van der Waals surface area contributed by atoms with Crippen LogP contribution in [0, 0.1) is 5.92 Å². The van der Waals surface area contributed by atoms with Crippen LogP contribution >= 0.6 is 0 Å². The Hall–Kier alpha value is -3.34. The minimum absolute atomic E-state index is 0.0280. The van der Waals surface area contributed by atoms with Crippen molar-refractivity contribution in [1.82, 2.24) is 0 Å². The fraction of sp³-hybridized carbons (Fsp3) is 0.677. The summed E-state index contributed by atoms with van der Waals surface area (Å²) in [5.41, 5.74) is 5.41. The smallest absolute Gasteiger partial charge is 0.468 e. The van der Waals surface area contributed by atoms with Crippen LogP contribution in [0.5, 0.6) is 11.5 Å². The molecule has 11 nitrogen and oxygen atoms in total. The maximum absolute atomic E-state index is 12.8. The summed E-state index contributed by atoms with van der Waals surface area (Å²) < 4.78 is 31.8. The Morgan fingerprint density at radius 2 is 1.33 bits per heavy atom. The van der Waals surface area contributed by atoms with E-state index in [1.54, 1.807) is 26.8 Å². The molecular formula is C31H49NO10. The lowest BCUT2D eigenvalue weighted by Gasteiger charge is -2.29. The molecule has 2 N–H and O–H groups in total. The molecule has 0 saturated heterocycles. The fourth-order valence-electron chi connectivity index (χ4n) is 4.35. The van der Waals surface area contributed by atoms with E-state index in [1.807, 2.05) is 27.7 Å². The van der Waals surface area contributed by atoms with E-state index in [4.69, 9.17) is 34.2 Å². The van der Waals surface area contributed by atoms with Gasteiger partial charge in [-0.25, -0.2) is 9.59 Å². The zero-order valence-electron chi connectivity index (χ0n) is 26.4. The zero-order chi connectivity index (χ0) is 31.9. The first-order chi connectivity index (χ1) is 19.7. The topological polar surface area (TPSA) is 150 Å². The van der Waals surface area contributed by atoms with Gasteiger partial charge in [0.1, 0.15) is 23.9 Å². The molecule has 11 heteroatoms. The third-order valence-corrected chi connectivity index (χ3v) is 6.40. The average Bonchev–Trinajstić information content (AvgIpc) is 2.88. The van der Waals surface area contributed by atoms with Gasteiger partial charge in [0.15, 0.2) is 11.5 Å². The summed E-state index contributed by atoms with van der Waals surface area (Å²) in [5, 5.41) is 0. The molecule has 238 valence electrons. The van der Waals surface area contributed by atoms with Crippen LogP contribution < -0.4 is 15.2 Å². The Balaban J connectivity index is 3.23. The monoisotopic (exact) mass is 595 g/mol. The minimum atomic E-state index is -1.59. The van der Waals surface area contributed by atoms with Crippen molar-refractivity contribution in [2.24, 2.45) is 11.7 Å². The third kappa shape index (κ3) is 13.5. The summed E-state index contributed by atoms with van der Waals surface area (Å²) in [7, 11) is 1.22. The van der Waals surface area contributed by atoms with Crippen molar-refractivity contribution in [1.29, 1.82) is 0 Å². The molecule has 0 spiro atoms. The molecule has 0 amide bonds. The summed E-state index contributed by atoms with van der Waals surface area (Å²) >= 11 is 0. The molecule has 0 radical (unpaired) electrons. The van der Waals surface area contributed by atoms with Crippen LogP contribution in [0.15, 0.2) is 18.2 Å². The normalized spacial score (nSPS) is 14.6. The standard InChI is InChI=1S/C31H49NO10/c1-9-11-21(5)39-29(35)41-25-15-14-24(17-26(25)42-30(36)40-22(6)12-10-2)19-31(32,28(34)37-8)18-23(7)38-27(33)16-13-20(3)4/h14-15,17,20-23H,9-13,16,18-19,32H2,1-8H3/t21?,22?,23-,31?/m0/s1. The predicted molar refractivity (Wildman–Crippen MR) is 156 cm³/mol. The van der Waals surface area contributed by atoms with E-state index < -0.39 is 36.0 Å². The van der Waals surface area contributed by atoms with Gasteiger partial charge in [0.25, 0.3) is 0 Å². The molecule has 0 aliphatic heterocycles. The highest BCUT2D eigenvalue weighted by Gasteiger charge is 2.38. The molecule has 1 aromatic carbocycles. The number of carbonyl (C=O) groups is 4. The van der Waals surface area contributed by atoms with Gasteiger partial charge in [-0.15, -0.1) is 0 Å². The SMILES string of the molecule is CCCC(C)OC(=O)Oc1ccc(CC(N)(C[C@H](C)OC(=O)CCC(C)C)C(=O)OC)cc1OC(=O)OC(C)CCC. The molecule has 0 aromatic heterocycles. The molecule has 0 saturated carbocycles. The lowest BCUT2D eigenvalue weighted by atomic mass is 9.86. The van der Waals surface area contributed by atoms with Crippen LogP contribution in [0.25, 0.3) is 0 Å². The number of benzene rings is 1. The number of hydrogen-bond donors (Lipinski definition) is 1. The predicted octanol–water partition coefficient (Wildman–Crippen LogP) is 6.27. The zero-order valence-corrected chi connectivity index (χ0v) is 26.4. The first-order valence-electron chi connectivity index (χ1n) is 14.7. The maximum atomic E-state index is 12.8. The second kappa shape index (κ2) is 18.3. The molecule has 0 bridgehead atoms. The van der Waals surface area contributed by atoms with Crippen molar-refractivity contribution in [2.45, 2.75) is 124 Å². The van der Waals surface area contributed by atoms with Crippen molar-refractivity contribution in [2.75, 3.05) is 7.11 Å². The molecule has 1 aromatic rings. The molecular weight excluding hydrogens is 546 g/mol. The second-order valence-electron chi connectivity index (χ2n) is 11.2. The van der Waals surface area contributed by atoms with Crippen LogP contribution in [0.3, 0.4) is 0 Å². The highest BCUT2D eigenvalue weighted by atomic mass is 16.7. The first-order valence-corrected chi connectivity index (χ1v) is 14.7. The number of rotatable bonds is 17. The van der Waals surface area contributed by atoms with Gasteiger partial charge in [-0.05, 0) is 63.6 Å². The third-order valence-electron chi connectivity index (χ3n) is 6.40. The van der Waals surface area contributed by atoms with Crippen molar-refractivity contribution < 1.29 is 47.6 Å². The molecule has 0 aliphatic rings. The van der Waals surface area contributed by atoms with E-state index in [0.717, 1.165) is 12.8 Å². The highest BCUT2D eigenvalue weighted by molar-refractivity contribution is 5.81. The van der Waals surface area contributed by atoms with Gasteiger partial charge in [-0.3, -0.25) is 9.59 Å². The van der Waals surface area contributed by atoms with Gasteiger partial charge < -0.3 is 34.2 Å². The van der Waals surface area contributed by atoms with Crippen molar-refractivity contribution >= 4 is 24.2 Å². The largest absolute Gasteiger partial charge is 0.514 e. The van der Waals surface area contributed by atoms with Gasteiger partial charge in [0, 0.05) is 19.3 Å². The average molecular weight is 596 g/mol. The molecule has 3 unspecified atom stereocenters. The van der Waals surface area contributed by atoms with E-state index in [2.05, 4.69) is 0 Å². The first kappa shape index (κ1) is 36.7. The number of hydrogen-bond acceptors (Lipinski definition) is 11. The van der Waals surface area contributed by atoms with Crippen LogP contribution in [-0.4, -0.2) is 55.2 Å². The molecule has 0 fully saturated rings. The van der Waals surface area contributed by atoms with Crippen LogP contribution in [0.4, 0.5) is 9.59 Å². The van der Waals surface area contributed by atoms with E-state index >= 15 is 0 Å². The van der Waals surface area contributed by atoms with Gasteiger partial charge in [0.05, 0.1) is 7.11 Å². The van der Waals surface area contributed by atoms with Crippen molar-refractivity contribution in [3.63, 3.8) is 0 Å². The van der Waals surface area contributed by atoms with Gasteiger partial charge >= 0.3 is 24.2 Å². The van der Waals surface area contributed by atoms with Gasteiger partial charge in [0.2, 0.25) is 0 Å². The van der Waals surface area contributed by atoms with Crippen LogP contribution in [-0.2, 0) is 35.0 Å². The van der Waals surface area contributed by atoms with Gasteiger partial charge in [-0.1, -0.05) is 46.6 Å². The second-order valence-corrected chi connectivity index (χ2v) is 11.2. The summed E-state index contributed by atoms with van der Waals surface area (Å²) in [6, 6.07) is 4.40. The van der Waals surface area contributed by atoms with E-state index in [9.17, 15) is 19.2 Å². The summed E-state index contributed by atoms with van der Waals surface area (Å²) in [5.74, 6) is -0.954.